The molecule has 1 heterocycles. The second-order valence-corrected chi connectivity index (χ2v) is 3.35. The van der Waals surface area contributed by atoms with Crippen molar-refractivity contribution >= 4 is 5.97 Å². The zero-order chi connectivity index (χ0) is 9.03. The molecule has 70 valence electrons. The number of rotatable bonds is 3. The van der Waals surface area contributed by atoms with Crippen molar-refractivity contribution in [1.82, 2.24) is 5.32 Å². The Labute approximate surface area is 73.5 Å². The molecule has 0 spiro atoms. The van der Waals surface area contributed by atoms with E-state index >= 15 is 0 Å². The van der Waals surface area contributed by atoms with Crippen molar-refractivity contribution in [2.45, 2.75) is 38.1 Å². The Morgan fingerprint density at radius 3 is 2.83 bits per heavy atom. The van der Waals surface area contributed by atoms with Crippen LogP contribution >= 0.6 is 0 Å². The molecule has 12 heavy (non-hydrogen) atoms. The van der Waals surface area contributed by atoms with Crippen LogP contribution in [-0.2, 0) is 9.53 Å². The van der Waals surface area contributed by atoms with Crippen molar-refractivity contribution in [3.05, 3.63) is 0 Å². The third-order valence-electron chi connectivity index (χ3n) is 2.50. The Balaban J connectivity index is 2.64. The van der Waals surface area contributed by atoms with E-state index in [1.165, 1.54) is 7.11 Å². The number of hydrogen-bond donors (Lipinski definition) is 1. The SMILES string of the molecule is CCCC1(C(=O)OC)CCCN1. The number of hydrogen-bond acceptors (Lipinski definition) is 3. The van der Waals surface area contributed by atoms with Crippen LogP contribution in [0.1, 0.15) is 32.6 Å². The van der Waals surface area contributed by atoms with Crippen LogP contribution < -0.4 is 5.32 Å². The highest BCUT2D eigenvalue weighted by molar-refractivity contribution is 5.81. The van der Waals surface area contributed by atoms with Gasteiger partial charge in [-0.15, -0.1) is 0 Å². The molecule has 1 atom stereocenters. The highest BCUT2D eigenvalue weighted by Crippen LogP contribution is 2.25. The number of esters is 1. The van der Waals surface area contributed by atoms with Crippen LogP contribution in [0.4, 0.5) is 0 Å². The number of ether oxygens (including phenoxy) is 1. The lowest BCUT2D eigenvalue weighted by Crippen LogP contribution is -2.48. The topological polar surface area (TPSA) is 38.3 Å². The molecule has 1 unspecified atom stereocenters. The Kier molecular flexibility index (Phi) is 3.09. The highest BCUT2D eigenvalue weighted by Gasteiger charge is 2.40. The lowest BCUT2D eigenvalue weighted by atomic mass is 9.92. The summed E-state index contributed by atoms with van der Waals surface area (Å²) >= 11 is 0. The molecular weight excluding hydrogens is 154 g/mol. The van der Waals surface area contributed by atoms with Crippen LogP contribution in [0.15, 0.2) is 0 Å². The summed E-state index contributed by atoms with van der Waals surface area (Å²) in [5.41, 5.74) is -0.358. The molecule has 1 aliphatic rings. The van der Waals surface area contributed by atoms with Crippen LogP contribution in [0.25, 0.3) is 0 Å². The first kappa shape index (κ1) is 9.52. The predicted octanol–water partition coefficient (Wildman–Crippen LogP) is 1.08. The van der Waals surface area contributed by atoms with Crippen molar-refractivity contribution in [1.29, 1.82) is 0 Å². The average Bonchev–Trinajstić information content (AvgIpc) is 2.53. The van der Waals surface area contributed by atoms with Gasteiger partial charge in [-0.2, -0.15) is 0 Å². The number of carbonyl (C=O) groups excluding carboxylic acids is 1. The normalized spacial score (nSPS) is 28.8. The summed E-state index contributed by atoms with van der Waals surface area (Å²) in [6.45, 7) is 3.03. The van der Waals surface area contributed by atoms with E-state index in [1.54, 1.807) is 0 Å². The van der Waals surface area contributed by atoms with Crippen LogP contribution in [0.2, 0.25) is 0 Å². The third-order valence-corrected chi connectivity index (χ3v) is 2.50. The Morgan fingerprint density at radius 1 is 1.67 bits per heavy atom. The van der Waals surface area contributed by atoms with Gasteiger partial charge in [0.05, 0.1) is 7.11 Å². The number of methoxy groups -OCH3 is 1. The first-order valence-electron chi connectivity index (χ1n) is 4.58. The molecule has 1 saturated heterocycles. The molecule has 0 bridgehead atoms. The molecule has 0 radical (unpaired) electrons. The molecule has 0 aliphatic carbocycles. The minimum absolute atomic E-state index is 0.0955. The maximum Gasteiger partial charge on any atom is 0.326 e. The van der Waals surface area contributed by atoms with E-state index in [4.69, 9.17) is 4.74 Å². The Hall–Kier alpha value is -0.570. The molecule has 0 aromatic rings. The van der Waals surface area contributed by atoms with E-state index in [0.29, 0.717) is 0 Å². The quantitative estimate of drug-likeness (QED) is 0.646. The molecule has 1 fully saturated rings. The van der Waals surface area contributed by atoms with Gasteiger partial charge in [0.15, 0.2) is 0 Å². The fourth-order valence-electron chi connectivity index (χ4n) is 1.92. The van der Waals surface area contributed by atoms with E-state index in [1.807, 2.05) is 0 Å². The number of carbonyl (C=O) groups is 1. The minimum Gasteiger partial charge on any atom is -0.468 e. The smallest absolute Gasteiger partial charge is 0.326 e. The van der Waals surface area contributed by atoms with Crippen LogP contribution in [0.3, 0.4) is 0 Å². The van der Waals surface area contributed by atoms with Gasteiger partial charge in [0.2, 0.25) is 0 Å². The van der Waals surface area contributed by atoms with Crippen molar-refractivity contribution in [3.63, 3.8) is 0 Å². The Bertz CT molecular complexity index is 162. The predicted molar refractivity (Wildman–Crippen MR) is 46.9 cm³/mol. The maximum atomic E-state index is 11.4. The molecule has 3 heteroatoms. The highest BCUT2D eigenvalue weighted by atomic mass is 16.5. The van der Waals surface area contributed by atoms with Gasteiger partial charge in [-0.1, -0.05) is 13.3 Å². The molecule has 0 amide bonds. The van der Waals surface area contributed by atoms with Gasteiger partial charge in [0, 0.05) is 0 Å². The van der Waals surface area contributed by atoms with Crippen molar-refractivity contribution in [2.24, 2.45) is 0 Å². The average molecular weight is 171 g/mol. The molecule has 0 aromatic carbocycles. The molecule has 3 nitrogen and oxygen atoms in total. The monoisotopic (exact) mass is 171 g/mol. The first-order valence-corrected chi connectivity index (χ1v) is 4.58. The number of nitrogens with one attached hydrogen (secondary N) is 1. The lowest BCUT2D eigenvalue weighted by Gasteiger charge is -2.25. The third kappa shape index (κ3) is 1.61. The summed E-state index contributed by atoms with van der Waals surface area (Å²) in [5, 5.41) is 3.25. The van der Waals surface area contributed by atoms with E-state index in [-0.39, 0.29) is 11.5 Å². The van der Waals surface area contributed by atoms with E-state index in [0.717, 1.165) is 32.2 Å². The molecule has 1 rings (SSSR count). The second kappa shape index (κ2) is 3.90. The van der Waals surface area contributed by atoms with Crippen LogP contribution in [-0.4, -0.2) is 25.2 Å². The molecular formula is C9H17NO2. The summed E-state index contributed by atoms with van der Waals surface area (Å²) in [6, 6.07) is 0. The fraction of sp³-hybridized carbons (Fsp3) is 0.889. The van der Waals surface area contributed by atoms with E-state index in [2.05, 4.69) is 12.2 Å². The standard InChI is InChI=1S/C9H17NO2/c1-3-5-9(8(11)12-2)6-4-7-10-9/h10H,3-7H2,1-2H3. The Morgan fingerprint density at radius 2 is 2.42 bits per heavy atom. The molecule has 1 N–H and O–H groups in total. The van der Waals surface area contributed by atoms with Gasteiger partial charge in [0.25, 0.3) is 0 Å². The molecule has 0 aromatic heterocycles. The molecule has 1 aliphatic heterocycles. The largest absolute Gasteiger partial charge is 0.468 e. The summed E-state index contributed by atoms with van der Waals surface area (Å²) < 4.78 is 4.79. The zero-order valence-corrected chi connectivity index (χ0v) is 7.85. The zero-order valence-electron chi connectivity index (χ0n) is 7.85. The summed E-state index contributed by atoms with van der Waals surface area (Å²) in [4.78, 5) is 11.4. The molecule has 0 saturated carbocycles. The van der Waals surface area contributed by atoms with Gasteiger partial charge in [-0.05, 0) is 25.8 Å². The fourth-order valence-corrected chi connectivity index (χ4v) is 1.92. The lowest BCUT2D eigenvalue weighted by molar-refractivity contribution is -0.148. The van der Waals surface area contributed by atoms with Crippen LogP contribution in [0.5, 0.6) is 0 Å². The van der Waals surface area contributed by atoms with Gasteiger partial charge < -0.3 is 10.1 Å². The van der Waals surface area contributed by atoms with Crippen molar-refractivity contribution in [2.75, 3.05) is 13.7 Å². The van der Waals surface area contributed by atoms with Crippen molar-refractivity contribution < 1.29 is 9.53 Å². The van der Waals surface area contributed by atoms with Gasteiger partial charge in [-0.25, -0.2) is 0 Å². The summed E-state index contributed by atoms with van der Waals surface area (Å²) in [7, 11) is 1.46. The van der Waals surface area contributed by atoms with Gasteiger partial charge in [0.1, 0.15) is 5.54 Å². The van der Waals surface area contributed by atoms with E-state index in [9.17, 15) is 4.79 Å². The second-order valence-electron chi connectivity index (χ2n) is 3.35. The minimum atomic E-state index is -0.358. The van der Waals surface area contributed by atoms with Gasteiger partial charge >= 0.3 is 5.97 Å². The maximum absolute atomic E-state index is 11.4. The van der Waals surface area contributed by atoms with E-state index < -0.39 is 0 Å². The summed E-state index contributed by atoms with van der Waals surface area (Å²) in [6.07, 6.45) is 3.91. The van der Waals surface area contributed by atoms with Crippen molar-refractivity contribution in [3.8, 4) is 0 Å². The van der Waals surface area contributed by atoms with Gasteiger partial charge in [-0.3, -0.25) is 4.79 Å². The summed E-state index contributed by atoms with van der Waals surface area (Å²) in [5.74, 6) is -0.0955. The first-order chi connectivity index (χ1) is 5.75. The van der Waals surface area contributed by atoms with Crippen LogP contribution in [0, 0.1) is 0 Å².